The number of pyridine rings is 3. The summed E-state index contributed by atoms with van der Waals surface area (Å²) in [5.74, 6) is 0.867. The van der Waals surface area contributed by atoms with E-state index in [0.717, 1.165) is 50.0 Å². The largest absolute Gasteiger partial charge is 0.292 e. The molecule has 0 aliphatic rings. The second-order valence-corrected chi connectivity index (χ2v) is 10.5. The van der Waals surface area contributed by atoms with Crippen molar-refractivity contribution in [2.75, 3.05) is 0 Å². The van der Waals surface area contributed by atoms with Gasteiger partial charge in [0, 0.05) is 55.9 Å². The molecule has 0 radical (unpaired) electrons. The first-order chi connectivity index (χ1) is 18.8. The van der Waals surface area contributed by atoms with Gasteiger partial charge in [-0.1, -0.05) is 48.5 Å². The summed E-state index contributed by atoms with van der Waals surface area (Å²) in [6, 6.07) is 34.1. The van der Waals surface area contributed by atoms with E-state index in [-0.39, 0.29) is 0 Å². The summed E-state index contributed by atoms with van der Waals surface area (Å²) in [7, 11) is 0. The van der Waals surface area contributed by atoms with Gasteiger partial charge in [0.1, 0.15) is 5.82 Å². The van der Waals surface area contributed by atoms with Crippen LogP contribution < -0.4 is 0 Å². The van der Waals surface area contributed by atoms with Gasteiger partial charge in [-0.25, -0.2) is 4.98 Å². The Kier molecular flexibility index (Phi) is 4.66. The van der Waals surface area contributed by atoms with Crippen molar-refractivity contribution in [2.24, 2.45) is 0 Å². The van der Waals surface area contributed by atoms with Crippen LogP contribution in [0, 0.1) is 0 Å². The van der Waals surface area contributed by atoms with E-state index in [2.05, 4.69) is 82.3 Å². The van der Waals surface area contributed by atoms with Crippen molar-refractivity contribution >= 4 is 53.4 Å². The Labute approximate surface area is 222 Å². The van der Waals surface area contributed by atoms with Gasteiger partial charge >= 0.3 is 0 Å². The van der Waals surface area contributed by atoms with Gasteiger partial charge in [0.25, 0.3) is 0 Å². The maximum absolute atomic E-state index is 5.03. The number of benzene rings is 3. The van der Waals surface area contributed by atoms with Gasteiger partial charge in [-0.3, -0.25) is 14.5 Å². The van der Waals surface area contributed by atoms with Gasteiger partial charge in [-0.2, -0.15) is 0 Å². The monoisotopic (exact) mass is 504 g/mol. The predicted molar refractivity (Wildman–Crippen MR) is 158 cm³/mol. The molecule has 0 spiro atoms. The zero-order chi connectivity index (χ0) is 25.1. The van der Waals surface area contributed by atoms with Crippen LogP contribution in [0.25, 0.3) is 70.2 Å². The van der Waals surface area contributed by atoms with Crippen LogP contribution in [0.4, 0.5) is 0 Å². The minimum absolute atomic E-state index is 0.867. The van der Waals surface area contributed by atoms with E-state index in [1.165, 1.54) is 20.2 Å². The maximum atomic E-state index is 5.03. The highest BCUT2D eigenvalue weighted by Crippen LogP contribution is 2.40. The van der Waals surface area contributed by atoms with Crippen molar-refractivity contribution in [1.29, 1.82) is 0 Å². The van der Waals surface area contributed by atoms with Gasteiger partial charge in [0.15, 0.2) is 0 Å². The minimum atomic E-state index is 0.867. The zero-order valence-electron chi connectivity index (χ0n) is 20.2. The first kappa shape index (κ1) is 21.2. The van der Waals surface area contributed by atoms with Gasteiger partial charge in [-0.05, 0) is 65.2 Å². The van der Waals surface area contributed by atoms with Crippen molar-refractivity contribution in [2.45, 2.75) is 0 Å². The summed E-state index contributed by atoms with van der Waals surface area (Å²) in [6.07, 6.45) is 7.52. The lowest BCUT2D eigenvalue weighted by Crippen LogP contribution is -1.98. The Bertz CT molecular complexity index is 2130. The molecule has 38 heavy (non-hydrogen) atoms. The summed E-state index contributed by atoms with van der Waals surface area (Å²) in [5, 5.41) is 3.69. The number of hydrogen-bond acceptors (Lipinski definition) is 4. The normalized spacial score (nSPS) is 11.7. The molecule has 0 saturated heterocycles. The maximum Gasteiger partial charge on any atom is 0.138 e. The molecule has 0 bridgehead atoms. The first-order valence-electron chi connectivity index (χ1n) is 12.5. The molecular formula is C33H20N4S. The highest BCUT2D eigenvalue weighted by Gasteiger charge is 2.18. The van der Waals surface area contributed by atoms with Crippen LogP contribution >= 0.6 is 11.3 Å². The van der Waals surface area contributed by atoms with Gasteiger partial charge < -0.3 is 0 Å². The van der Waals surface area contributed by atoms with Crippen molar-refractivity contribution in [1.82, 2.24) is 19.5 Å². The van der Waals surface area contributed by atoms with Crippen LogP contribution in [-0.2, 0) is 0 Å². The number of nitrogens with zero attached hydrogens (tertiary/aromatic N) is 4. The van der Waals surface area contributed by atoms with E-state index in [4.69, 9.17) is 9.97 Å². The molecule has 0 atom stereocenters. The predicted octanol–water partition coefficient (Wildman–Crippen LogP) is 8.67. The first-order valence-corrected chi connectivity index (χ1v) is 13.3. The highest BCUT2D eigenvalue weighted by atomic mass is 32.1. The zero-order valence-corrected chi connectivity index (χ0v) is 21.1. The highest BCUT2D eigenvalue weighted by molar-refractivity contribution is 7.25. The Hall–Kier alpha value is -4.87. The molecule has 0 N–H and O–H groups in total. The van der Waals surface area contributed by atoms with Crippen molar-refractivity contribution in [3.05, 3.63) is 122 Å². The molecule has 5 heterocycles. The fraction of sp³-hybridized carbons (Fsp3) is 0. The standard InChI is InChI=1S/C33H20N4S/c1-2-6-21(7-3-1)24-16-29-33(36-20-24)27-18-26-25-8-4-5-9-30(25)38-31(26)19-28(27)37(29)32-17-23(12-15-35-32)22-10-13-34-14-11-22/h1-20H. The molecule has 4 nitrogen and oxygen atoms in total. The fourth-order valence-corrected chi connectivity index (χ4v) is 6.52. The third-order valence-corrected chi connectivity index (χ3v) is 8.33. The Balaban J connectivity index is 1.47. The molecule has 0 unspecified atom stereocenters. The third-order valence-electron chi connectivity index (χ3n) is 7.19. The Morgan fingerprint density at radius 2 is 1.32 bits per heavy atom. The van der Waals surface area contributed by atoms with Gasteiger partial charge in [0.05, 0.1) is 16.6 Å². The summed E-state index contributed by atoms with van der Waals surface area (Å²) in [4.78, 5) is 14.1. The average Bonchev–Trinajstić information content (AvgIpc) is 3.51. The molecule has 0 saturated carbocycles. The average molecular weight is 505 g/mol. The Morgan fingerprint density at radius 1 is 0.526 bits per heavy atom. The minimum Gasteiger partial charge on any atom is -0.292 e. The van der Waals surface area contributed by atoms with E-state index in [9.17, 15) is 0 Å². The fourth-order valence-electron chi connectivity index (χ4n) is 5.40. The van der Waals surface area contributed by atoms with E-state index in [1.807, 2.05) is 60.4 Å². The quantitative estimate of drug-likeness (QED) is 0.242. The van der Waals surface area contributed by atoms with E-state index in [1.54, 1.807) is 0 Å². The summed E-state index contributed by atoms with van der Waals surface area (Å²) in [6.45, 7) is 0. The van der Waals surface area contributed by atoms with Crippen LogP contribution in [0.5, 0.6) is 0 Å². The van der Waals surface area contributed by atoms with Crippen LogP contribution in [0.15, 0.2) is 122 Å². The summed E-state index contributed by atoms with van der Waals surface area (Å²) >= 11 is 1.83. The van der Waals surface area contributed by atoms with E-state index < -0.39 is 0 Å². The number of thiophene rings is 1. The molecule has 5 heteroatoms. The molecule has 5 aromatic heterocycles. The van der Waals surface area contributed by atoms with Crippen LogP contribution in [0.2, 0.25) is 0 Å². The lowest BCUT2D eigenvalue weighted by atomic mass is 10.1. The van der Waals surface area contributed by atoms with Crippen LogP contribution in [-0.4, -0.2) is 19.5 Å². The summed E-state index contributed by atoms with van der Waals surface area (Å²) < 4.78 is 4.82. The third kappa shape index (κ3) is 3.26. The van der Waals surface area contributed by atoms with Gasteiger partial charge in [-0.15, -0.1) is 11.3 Å². The lowest BCUT2D eigenvalue weighted by molar-refractivity contribution is 1.08. The van der Waals surface area contributed by atoms with E-state index >= 15 is 0 Å². The molecule has 0 amide bonds. The van der Waals surface area contributed by atoms with Crippen molar-refractivity contribution in [3.63, 3.8) is 0 Å². The van der Waals surface area contributed by atoms with Crippen molar-refractivity contribution < 1.29 is 0 Å². The van der Waals surface area contributed by atoms with E-state index in [0.29, 0.717) is 0 Å². The van der Waals surface area contributed by atoms with Crippen LogP contribution in [0.1, 0.15) is 0 Å². The number of fused-ring (bicyclic) bond motifs is 6. The topological polar surface area (TPSA) is 43.6 Å². The molecule has 8 rings (SSSR count). The molecule has 0 fully saturated rings. The van der Waals surface area contributed by atoms with Crippen LogP contribution in [0.3, 0.4) is 0 Å². The second kappa shape index (κ2) is 8.33. The summed E-state index contributed by atoms with van der Waals surface area (Å²) in [5.41, 5.74) is 7.57. The Morgan fingerprint density at radius 3 is 2.21 bits per heavy atom. The number of hydrogen-bond donors (Lipinski definition) is 0. The lowest BCUT2D eigenvalue weighted by Gasteiger charge is -2.10. The second-order valence-electron chi connectivity index (χ2n) is 9.40. The number of rotatable bonds is 3. The van der Waals surface area contributed by atoms with Crippen molar-refractivity contribution in [3.8, 4) is 28.1 Å². The smallest absolute Gasteiger partial charge is 0.138 e. The molecule has 0 aliphatic carbocycles. The molecule has 0 aliphatic heterocycles. The molecular weight excluding hydrogens is 484 g/mol. The SMILES string of the molecule is c1ccc(-c2cnc3c4cc5c(cc4n(-c4cc(-c6ccncc6)ccn4)c3c2)sc2ccccc25)cc1. The molecule has 3 aromatic carbocycles. The molecule has 8 aromatic rings. The number of aromatic nitrogens is 4. The molecule has 178 valence electrons. The van der Waals surface area contributed by atoms with Gasteiger partial charge in [0.2, 0.25) is 0 Å².